The monoisotopic (exact) mass is 353 g/mol. The van der Waals surface area contributed by atoms with E-state index in [1.807, 2.05) is 19.2 Å². The molecule has 0 aliphatic rings. The zero-order chi connectivity index (χ0) is 15.2. The number of methoxy groups -OCH3 is 1. The lowest BCUT2D eigenvalue weighted by Gasteiger charge is -2.14. The summed E-state index contributed by atoms with van der Waals surface area (Å²) in [5, 5.41) is 3.08. The summed E-state index contributed by atoms with van der Waals surface area (Å²) in [6, 6.07) is 10.3. The number of hydrogen-bond donors (Lipinski definition) is 1. The number of ether oxygens (including phenoxy) is 2. The molecule has 0 unspecified atom stereocenters. The summed E-state index contributed by atoms with van der Waals surface area (Å²) in [6.07, 6.45) is 0. The van der Waals surface area contributed by atoms with Gasteiger partial charge in [0.15, 0.2) is 11.5 Å². The molecule has 0 spiro atoms. The molecule has 0 bridgehead atoms. The van der Waals surface area contributed by atoms with E-state index >= 15 is 0 Å². The molecule has 2 rings (SSSR count). The van der Waals surface area contributed by atoms with Crippen molar-refractivity contribution in [2.75, 3.05) is 14.2 Å². The average Bonchev–Trinajstić information content (AvgIpc) is 2.49. The Morgan fingerprint density at radius 3 is 2.57 bits per heavy atom. The summed E-state index contributed by atoms with van der Waals surface area (Å²) in [5.41, 5.74) is 1.57. The summed E-state index contributed by atoms with van der Waals surface area (Å²) in [4.78, 5) is 0. The molecule has 2 aromatic rings. The summed E-state index contributed by atoms with van der Waals surface area (Å²) in [6.45, 7) is 0.866. The molecule has 0 aliphatic carbocycles. The molecule has 0 atom stereocenters. The Hall–Kier alpha value is -1.59. The van der Waals surface area contributed by atoms with Crippen LogP contribution in [0.15, 0.2) is 40.9 Å². The maximum atomic E-state index is 13.6. The van der Waals surface area contributed by atoms with Gasteiger partial charge in [0.2, 0.25) is 0 Å². The van der Waals surface area contributed by atoms with Gasteiger partial charge in [-0.3, -0.25) is 0 Å². The van der Waals surface area contributed by atoms with Crippen LogP contribution in [0.25, 0.3) is 0 Å². The third-order valence-corrected chi connectivity index (χ3v) is 3.78. The molecule has 0 saturated carbocycles. The second-order valence-electron chi connectivity index (χ2n) is 4.50. The predicted octanol–water partition coefficient (Wildman–Crippen LogP) is 3.90. The van der Waals surface area contributed by atoms with Crippen LogP contribution in [0, 0.1) is 5.82 Å². The van der Waals surface area contributed by atoms with E-state index in [-0.39, 0.29) is 12.4 Å². The number of rotatable bonds is 6. The van der Waals surface area contributed by atoms with Gasteiger partial charge in [-0.15, -0.1) is 0 Å². The van der Waals surface area contributed by atoms with Crippen LogP contribution >= 0.6 is 15.9 Å². The Bertz CT molecular complexity index is 619. The Morgan fingerprint density at radius 1 is 1.14 bits per heavy atom. The number of nitrogens with one attached hydrogen (secondary N) is 1. The van der Waals surface area contributed by atoms with Crippen LogP contribution in [0.3, 0.4) is 0 Å². The average molecular weight is 354 g/mol. The summed E-state index contributed by atoms with van der Waals surface area (Å²) in [5.74, 6) is 0.926. The molecule has 0 aromatic heterocycles. The SMILES string of the molecule is CNCc1cc(OC)c(OCc2ccccc2F)cc1Br. The lowest BCUT2D eigenvalue weighted by Crippen LogP contribution is -2.07. The standard InChI is InChI=1S/C16H17BrFNO2/c1-19-9-12-7-15(20-2)16(8-13(12)17)21-10-11-5-3-4-6-14(11)18/h3-8,19H,9-10H2,1-2H3. The van der Waals surface area contributed by atoms with Crippen molar-refractivity contribution in [3.8, 4) is 11.5 Å². The first-order valence-corrected chi connectivity index (χ1v) is 7.32. The highest BCUT2D eigenvalue weighted by atomic mass is 79.9. The third kappa shape index (κ3) is 3.95. The van der Waals surface area contributed by atoms with Gasteiger partial charge in [0, 0.05) is 16.6 Å². The normalized spacial score (nSPS) is 10.5. The van der Waals surface area contributed by atoms with Crippen molar-refractivity contribution in [1.82, 2.24) is 5.32 Å². The quantitative estimate of drug-likeness (QED) is 0.854. The van der Waals surface area contributed by atoms with Gasteiger partial charge in [-0.25, -0.2) is 4.39 Å². The molecule has 21 heavy (non-hydrogen) atoms. The lowest BCUT2D eigenvalue weighted by molar-refractivity contribution is 0.279. The van der Waals surface area contributed by atoms with Crippen molar-refractivity contribution in [3.05, 3.63) is 57.8 Å². The molecule has 5 heteroatoms. The van der Waals surface area contributed by atoms with Crippen LogP contribution in [-0.4, -0.2) is 14.2 Å². The molecule has 3 nitrogen and oxygen atoms in total. The minimum Gasteiger partial charge on any atom is -0.493 e. The van der Waals surface area contributed by atoms with E-state index in [1.165, 1.54) is 6.07 Å². The van der Waals surface area contributed by atoms with E-state index in [0.29, 0.717) is 23.6 Å². The maximum absolute atomic E-state index is 13.6. The first kappa shape index (κ1) is 15.8. The minimum absolute atomic E-state index is 0.154. The van der Waals surface area contributed by atoms with E-state index in [0.717, 1.165) is 10.0 Å². The van der Waals surface area contributed by atoms with Crippen LogP contribution in [0.1, 0.15) is 11.1 Å². The molecular weight excluding hydrogens is 337 g/mol. The predicted molar refractivity (Wildman–Crippen MR) is 84.2 cm³/mol. The van der Waals surface area contributed by atoms with E-state index in [9.17, 15) is 4.39 Å². The maximum Gasteiger partial charge on any atom is 0.162 e. The smallest absolute Gasteiger partial charge is 0.162 e. The summed E-state index contributed by atoms with van der Waals surface area (Å²) < 4.78 is 25.5. The highest BCUT2D eigenvalue weighted by molar-refractivity contribution is 9.10. The fraction of sp³-hybridized carbons (Fsp3) is 0.250. The Morgan fingerprint density at radius 2 is 1.90 bits per heavy atom. The second-order valence-corrected chi connectivity index (χ2v) is 5.36. The Kier molecular flexibility index (Phi) is 5.59. The first-order chi connectivity index (χ1) is 10.2. The fourth-order valence-corrected chi connectivity index (χ4v) is 2.41. The molecule has 0 radical (unpaired) electrons. The van der Waals surface area contributed by atoms with Crippen LogP contribution in [0.2, 0.25) is 0 Å². The topological polar surface area (TPSA) is 30.5 Å². The van der Waals surface area contributed by atoms with Gasteiger partial charge in [0.05, 0.1) is 7.11 Å². The molecule has 1 N–H and O–H groups in total. The van der Waals surface area contributed by atoms with Gasteiger partial charge in [0.25, 0.3) is 0 Å². The Labute approximate surface area is 132 Å². The highest BCUT2D eigenvalue weighted by Gasteiger charge is 2.11. The van der Waals surface area contributed by atoms with Crippen LogP contribution in [0.5, 0.6) is 11.5 Å². The molecule has 112 valence electrons. The zero-order valence-corrected chi connectivity index (χ0v) is 13.5. The molecule has 0 fully saturated rings. The molecular formula is C16H17BrFNO2. The largest absolute Gasteiger partial charge is 0.493 e. The third-order valence-electron chi connectivity index (χ3n) is 3.04. The number of hydrogen-bond acceptors (Lipinski definition) is 3. The molecule has 2 aromatic carbocycles. The molecule has 0 aliphatic heterocycles. The van der Waals surface area contributed by atoms with Crippen molar-refractivity contribution >= 4 is 15.9 Å². The number of benzene rings is 2. The van der Waals surface area contributed by atoms with Crippen LogP contribution in [0.4, 0.5) is 4.39 Å². The van der Waals surface area contributed by atoms with Gasteiger partial charge < -0.3 is 14.8 Å². The van der Waals surface area contributed by atoms with Gasteiger partial charge in [0.1, 0.15) is 12.4 Å². The van der Waals surface area contributed by atoms with Gasteiger partial charge in [-0.1, -0.05) is 34.1 Å². The molecule has 0 saturated heterocycles. The van der Waals surface area contributed by atoms with Crippen molar-refractivity contribution in [2.45, 2.75) is 13.2 Å². The fourth-order valence-electron chi connectivity index (χ4n) is 1.95. The first-order valence-electron chi connectivity index (χ1n) is 6.53. The highest BCUT2D eigenvalue weighted by Crippen LogP contribution is 2.34. The second kappa shape index (κ2) is 7.43. The van der Waals surface area contributed by atoms with Gasteiger partial charge in [-0.05, 0) is 30.8 Å². The molecule has 0 amide bonds. The zero-order valence-electron chi connectivity index (χ0n) is 12.0. The van der Waals surface area contributed by atoms with E-state index in [1.54, 1.807) is 25.3 Å². The summed E-state index contributed by atoms with van der Waals surface area (Å²) in [7, 11) is 3.46. The minimum atomic E-state index is -0.276. The molecule has 0 heterocycles. The number of halogens is 2. The van der Waals surface area contributed by atoms with Gasteiger partial charge >= 0.3 is 0 Å². The summed E-state index contributed by atoms with van der Waals surface area (Å²) >= 11 is 3.50. The van der Waals surface area contributed by atoms with Crippen LogP contribution < -0.4 is 14.8 Å². The Balaban J connectivity index is 2.19. The van der Waals surface area contributed by atoms with Crippen LogP contribution in [-0.2, 0) is 13.2 Å². The van der Waals surface area contributed by atoms with Crippen molar-refractivity contribution in [2.24, 2.45) is 0 Å². The van der Waals surface area contributed by atoms with E-state index in [2.05, 4.69) is 21.2 Å². The van der Waals surface area contributed by atoms with Crippen molar-refractivity contribution in [1.29, 1.82) is 0 Å². The lowest BCUT2D eigenvalue weighted by atomic mass is 10.2. The van der Waals surface area contributed by atoms with E-state index < -0.39 is 0 Å². The van der Waals surface area contributed by atoms with Crippen molar-refractivity contribution < 1.29 is 13.9 Å². The van der Waals surface area contributed by atoms with E-state index in [4.69, 9.17) is 9.47 Å². The van der Waals surface area contributed by atoms with Gasteiger partial charge in [-0.2, -0.15) is 0 Å². The van der Waals surface area contributed by atoms with Crippen molar-refractivity contribution in [3.63, 3.8) is 0 Å².